The van der Waals surface area contributed by atoms with E-state index in [0.29, 0.717) is 17.9 Å². The Bertz CT molecular complexity index is 762. The molecular weight excluding hydrogens is 300 g/mol. The maximum Gasteiger partial charge on any atom is 0.185 e. The molecule has 0 bridgehead atoms. The molecule has 116 valence electrons. The van der Waals surface area contributed by atoms with Gasteiger partial charge in [-0.1, -0.05) is 29.8 Å². The number of ketones is 1. The Morgan fingerprint density at radius 3 is 2.41 bits per heavy atom. The SMILES string of the molecule is CCOc1cccc(C(=O)CS(=O)(=O)c2ccc(C)cc2)c1. The van der Waals surface area contributed by atoms with E-state index in [1.807, 2.05) is 13.8 Å². The van der Waals surface area contributed by atoms with Crippen LogP contribution in [0.5, 0.6) is 5.75 Å². The number of sulfone groups is 1. The molecule has 0 unspecified atom stereocenters. The first-order valence-corrected chi connectivity index (χ1v) is 8.63. The summed E-state index contributed by atoms with van der Waals surface area (Å²) in [7, 11) is -3.64. The first kappa shape index (κ1) is 16.2. The van der Waals surface area contributed by atoms with Gasteiger partial charge in [-0.3, -0.25) is 4.79 Å². The van der Waals surface area contributed by atoms with E-state index < -0.39 is 21.4 Å². The number of hydrogen-bond acceptors (Lipinski definition) is 4. The number of aryl methyl sites for hydroxylation is 1. The van der Waals surface area contributed by atoms with Gasteiger partial charge in [-0.25, -0.2) is 8.42 Å². The second-order valence-electron chi connectivity index (χ2n) is 4.96. The molecule has 0 amide bonds. The quantitative estimate of drug-likeness (QED) is 0.768. The van der Waals surface area contributed by atoms with E-state index in [2.05, 4.69) is 0 Å². The highest BCUT2D eigenvalue weighted by atomic mass is 32.2. The summed E-state index contributed by atoms with van der Waals surface area (Å²) in [6.45, 7) is 4.20. The normalized spacial score (nSPS) is 11.2. The molecule has 0 fully saturated rings. The largest absolute Gasteiger partial charge is 0.494 e. The average Bonchev–Trinajstić information content (AvgIpc) is 2.48. The summed E-state index contributed by atoms with van der Waals surface area (Å²) in [4.78, 5) is 12.4. The van der Waals surface area contributed by atoms with Crippen molar-refractivity contribution in [1.29, 1.82) is 0 Å². The third kappa shape index (κ3) is 3.95. The van der Waals surface area contributed by atoms with Crippen molar-refractivity contribution < 1.29 is 17.9 Å². The molecule has 2 aromatic carbocycles. The van der Waals surface area contributed by atoms with Crippen molar-refractivity contribution in [3.8, 4) is 5.75 Å². The standard InChI is InChI=1S/C17H18O4S/c1-3-21-15-6-4-5-14(11-15)17(18)12-22(19,20)16-9-7-13(2)8-10-16/h4-11H,3,12H2,1-2H3. The van der Waals surface area contributed by atoms with Crippen molar-refractivity contribution in [1.82, 2.24) is 0 Å². The number of carbonyl (C=O) groups is 1. The van der Waals surface area contributed by atoms with Crippen LogP contribution < -0.4 is 4.74 Å². The van der Waals surface area contributed by atoms with E-state index in [-0.39, 0.29) is 4.90 Å². The molecule has 2 rings (SSSR count). The van der Waals surface area contributed by atoms with Crippen molar-refractivity contribution in [2.45, 2.75) is 18.7 Å². The molecule has 0 N–H and O–H groups in total. The Balaban J connectivity index is 2.20. The molecule has 0 heterocycles. The fourth-order valence-electron chi connectivity index (χ4n) is 2.01. The molecule has 22 heavy (non-hydrogen) atoms. The van der Waals surface area contributed by atoms with Crippen LogP contribution in [0, 0.1) is 6.92 Å². The highest BCUT2D eigenvalue weighted by Gasteiger charge is 2.20. The van der Waals surface area contributed by atoms with Gasteiger partial charge < -0.3 is 4.74 Å². The number of ether oxygens (including phenoxy) is 1. The van der Waals surface area contributed by atoms with Gasteiger partial charge in [-0.15, -0.1) is 0 Å². The third-order valence-electron chi connectivity index (χ3n) is 3.17. The summed E-state index contributed by atoms with van der Waals surface area (Å²) in [5, 5.41) is 0. The maximum absolute atomic E-state index is 12.3. The summed E-state index contributed by atoms with van der Waals surface area (Å²) < 4.78 is 29.9. The minimum Gasteiger partial charge on any atom is -0.494 e. The number of Topliss-reactive ketones (excluding diaryl/α,β-unsaturated/α-hetero) is 1. The number of carbonyl (C=O) groups excluding carboxylic acids is 1. The highest BCUT2D eigenvalue weighted by molar-refractivity contribution is 7.92. The fraction of sp³-hybridized carbons (Fsp3) is 0.235. The van der Waals surface area contributed by atoms with Crippen LogP contribution in [0.2, 0.25) is 0 Å². The van der Waals surface area contributed by atoms with E-state index in [4.69, 9.17) is 4.74 Å². The molecule has 0 aliphatic heterocycles. The number of benzene rings is 2. The van der Waals surface area contributed by atoms with Crippen LogP contribution in [0.15, 0.2) is 53.4 Å². The van der Waals surface area contributed by atoms with Crippen LogP contribution in [0.25, 0.3) is 0 Å². The zero-order valence-corrected chi connectivity index (χ0v) is 13.4. The summed E-state index contributed by atoms with van der Waals surface area (Å²) in [5.41, 5.74) is 1.30. The predicted molar refractivity (Wildman–Crippen MR) is 85.2 cm³/mol. The topological polar surface area (TPSA) is 60.4 Å². The lowest BCUT2D eigenvalue weighted by atomic mass is 10.1. The maximum atomic E-state index is 12.3. The van der Waals surface area contributed by atoms with Gasteiger partial charge in [-0.2, -0.15) is 0 Å². The monoisotopic (exact) mass is 318 g/mol. The van der Waals surface area contributed by atoms with E-state index >= 15 is 0 Å². The smallest absolute Gasteiger partial charge is 0.185 e. The van der Waals surface area contributed by atoms with Crippen LogP contribution in [0.3, 0.4) is 0 Å². The Kier molecular flexibility index (Phi) is 4.98. The minimum atomic E-state index is -3.64. The molecular formula is C17H18O4S. The molecule has 0 atom stereocenters. The Labute approximate surface area is 130 Å². The van der Waals surface area contributed by atoms with Gasteiger partial charge in [0.1, 0.15) is 11.5 Å². The van der Waals surface area contributed by atoms with Gasteiger partial charge in [0.15, 0.2) is 15.6 Å². The molecule has 5 heteroatoms. The lowest BCUT2D eigenvalue weighted by Crippen LogP contribution is -2.16. The third-order valence-corrected chi connectivity index (χ3v) is 4.80. The van der Waals surface area contributed by atoms with Crippen LogP contribution in [-0.2, 0) is 9.84 Å². The first-order valence-electron chi connectivity index (χ1n) is 6.98. The molecule has 2 aromatic rings. The van der Waals surface area contributed by atoms with Crippen LogP contribution in [0.4, 0.5) is 0 Å². The molecule has 0 aromatic heterocycles. The summed E-state index contributed by atoms with van der Waals surface area (Å²) in [6, 6.07) is 13.0. The van der Waals surface area contributed by atoms with Gasteiger partial charge >= 0.3 is 0 Å². The molecule has 0 spiro atoms. The van der Waals surface area contributed by atoms with E-state index in [1.54, 1.807) is 36.4 Å². The molecule has 4 nitrogen and oxygen atoms in total. The lowest BCUT2D eigenvalue weighted by molar-refractivity contribution is 0.102. The molecule has 0 aliphatic carbocycles. The van der Waals surface area contributed by atoms with Crippen LogP contribution in [-0.4, -0.2) is 26.6 Å². The molecule has 0 radical (unpaired) electrons. The van der Waals surface area contributed by atoms with Gasteiger partial charge in [0.25, 0.3) is 0 Å². The summed E-state index contributed by atoms with van der Waals surface area (Å²) in [5.74, 6) is -0.436. The van der Waals surface area contributed by atoms with E-state index in [9.17, 15) is 13.2 Å². The molecule has 0 aliphatic rings. The summed E-state index contributed by atoms with van der Waals surface area (Å²) >= 11 is 0. The van der Waals surface area contributed by atoms with Gasteiger partial charge in [0, 0.05) is 5.56 Å². The van der Waals surface area contributed by atoms with Crippen LogP contribution in [0.1, 0.15) is 22.8 Å². The van der Waals surface area contributed by atoms with Crippen LogP contribution >= 0.6 is 0 Å². The first-order chi connectivity index (χ1) is 10.4. The molecule has 0 saturated carbocycles. The van der Waals surface area contributed by atoms with Crippen molar-refractivity contribution >= 4 is 15.6 Å². The van der Waals surface area contributed by atoms with Crippen molar-refractivity contribution in [2.24, 2.45) is 0 Å². The van der Waals surface area contributed by atoms with Crippen molar-refractivity contribution in [3.63, 3.8) is 0 Å². The van der Waals surface area contributed by atoms with E-state index in [1.165, 1.54) is 12.1 Å². The predicted octanol–water partition coefficient (Wildman–Crippen LogP) is 3.05. The Morgan fingerprint density at radius 1 is 1.09 bits per heavy atom. The van der Waals surface area contributed by atoms with E-state index in [0.717, 1.165) is 5.56 Å². The average molecular weight is 318 g/mol. The van der Waals surface area contributed by atoms with Gasteiger partial charge in [0.2, 0.25) is 0 Å². The zero-order chi connectivity index (χ0) is 16.2. The lowest BCUT2D eigenvalue weighted by Gasteiger charge is -2.07. The van der Waals surface area contributed by atoms with Gasteiger partial charge in [0.05, 0.1) is 11.5 Å². The van der Waals surface area contributed by atoms with Crippen molar-refractivity contribution in [2.75, 3.05) is 12.4 Å². The zero-order valence-electron chi connectivity index (χ0n) is 12.6. The Morgan fingerprint density at radius 2 is 1.77 bits per heavy atom. The highest BCUT2D eigenvalue weighted by Crippen LogP contribution is 2.17. The summed E-state index contributed by atoms with van der Waals surface area (Å²) in [6.07, 6.45) is 0. The molecule has 0 saturated heterocycles. The number of rotatable bonds is 6. The number of hydrogen-bond donors (Lipinski definition) is 0. The van der Waals surface area contributed by atoms with Gasteiger partial charge in [-0.05, 0) is 38.1 Å². The fourth-order valence-corrected chi connectivity index (χ4v) is 3.24. The minimum absolute atomic E-state index is 0.160. The second-order valence-corrected chi connectivity index (χ2v) is 6.95. The van der Waals surface area contributed by atoms with Crippen molar-refractivity contribution in [3.05, 3.63) is 59.7 Å². The second kappa shape index (κ2) is 6.75. The Hall–Kier alpha value is -2.14.